The van der Waals surface area contributed by atoms with E-state index in [1.54, 1.807) is 30.3 Å². The smallest absolute Gasteiger partial charge is 0.261 e. The van der Waals surface area contributed by atoms with E-state index in [4.69, 9.17) is 4.74 Å². The number of hydrogen-bond donors (Lipinski definition) is 2. The molecule has 1 aliphatic heterocycles. The Labute approximate surface area is 159 Å². The quantitative estimate of drug-likeness (QED) is 0.725. The molecule has 0 radical (unpaired) electrons. The Bertz CT molecular complexity index is 1050. The molecule has 0 saturated carbocycles. The van der Waals surface area contributed by atoms with E-state index in [0.29, 0.717) is 18.8 Å². The summed E-state index contributed by atoms with van der Waals surface area (Å²) >= 11 is 0. The molecule has 0 saturated heterocycles. The summed E-state index contributed by atoms with van der Waals surface area (Å²) in [5.41, 5.74) is 3.29. The Hall–Kier alpha value is -2.83. The molecule has 138 valence electrons. The van der Waals surface area contributed by atoms with Gasteiger partial charge in [0.05, 0.1) is 4.90 Å². The van der Waals surface area contributed by atoms with E-state index in [2.05, 4.69) is 10.0 Å². The number of hydrogen-bond acceptors (Lipinski definition) is 4. The van der Waals surface area contributed by atoms with Crippen LogP contribution in [0, 0.1) is 0 Å². The van der Waals surface area contributed by atoms with Crippen LogP contribution < -0.4 is 14.8 Å². The Balaban J connectivity index is 1.62. The molecule has 0 aromatic heterocycles. The van der Waals surface area contributed by atoms with Crippen LogP contribution in [0.25, 0.3) is 11.1 Å². The third-order valence-corrected chi connectivity index (χ3v) is 5.79. The molecule has 5 nitrogen and oxygen atoms in total. The highest BCUT2D eigenvalue weighted by Gasteiger charge is 2.17. The third-order valence-electron chi connectivity index (χ3n) is 4.42. The maximum absolute atomic E-state index is 12.9. The van der Waals surface area contributed by atoms with Gasteiger partial charge in [-0.05, 0) is 41.5 Å². The summed E-state index contributed by atoms with van der Waals surface area (Å²) in [4.78, 5) is 0.230. The van der Waals surface area contributed by atoms with Crippen LogP contribution in [0.3, 0.4) is 0 Å². The molecular formula is C21H20N2O3S. The summed E-state index contributed by atoms with van der Waals surface area (Å²) in [6.07, 6.45) is 0. The third kappa shape index (κ3) is 3.97. The van der Waals surface area contributed by atoms with Crippen molar-refractivity contribution in [2.24, 2.45) is 0 Å². The predicted molar refractivity (Wildman–Crippen MR) is 106 cm³/mol. The highest BCUT2D eigenvalue weighted by molar-refractivity contribution is 7.92. The molecule has 2 N–H and O–H groups in total. The van der Waals surface area contributed by atoms with Crippen molar-refractivity contribution in [3.8, 4) is 16.9 Å². The lowest BCUT2D eigenvalue weighted by Gasteiger charge is -2.12. The summed E-state index contributed by atoms with van der Waals surface area (Å²) in [5, 5.41) is 3.25. The van der Waals surface area contributed by atoms with Crippen LogP contribution in [0.15, 0.2) is 77.7 Å². The van der Waals surface area contributed by atoms with Crippen molar-refractivity contribution in [2.75, 3.05) is 17.9 Å². The molecule has 3 aromatic rings. The zero-order chi connectivity index (χ0) is 18.7. The van der Waals surface area contributed by atoms with E-state index < -0.39 is 10.0 Å². The van der Waals surface area contributed by atoms with Crippen LogP contribution in [-0.4, -0.2) is 21.6 Å². The second-order valence-electron chi connectivity index (χ2n) is 6.35. The van der Waals surface area contributed by atoms with Crippen molar-refractivity contribution in [3.05, 3.63) is 78.4 Å². The van der Waals surface area contributed by atoms with Crippen molar-refractivity contribution in [1.82, 2.24) is 5.32 Å². The largest absolute Gasteiger partial charge is 0.492 e. The van der Waals surface area contributed by atoms with Gasteiger partial charge in [-0.15, -0.1) is 0 Å². The minimum absolute atomic E-state index is 0.230. The molecule has 0 fully saturated rings. The number of anilines is 1. The Morgan fingerprint density at radius 3 is 2.56 bits per heavy atom. The number of fused-ring (bicyclic) bond motifs is 1. The molecule has 0 bridgehead atoms. The molecule has 1 heterocycles. The summed E-state index contributed by atoms with van der Waals surface area (Å²) in [5.74, 6) is 0.786. The molecule has 0 amide bonds. The fourth-order valence-corrected chi connectivity index (χ4v) is 4.16. The summed E-state index contributed by atoms with van der Waals surface area (Å²) in [7, 11) is -3.69. The van der Waals surface area contributed by atoms with Crippen molar-refractivity contribution in [1.29, 1.82) is 0 Å². The van der Waals surface area contributed by atoms with E-state index in [0.717, 1.165) is 29.0 Å². The maximum atomic E-state index is 12.9. The summed E-state index contributed by atoms with van der Waals surface area (Å²) in [6.45, 7) is 2.01. The van der Waals surface area contributed by atoms with E-state index in [1.165, 1.54) is 0 Å². The molecule has 3 aromatic carbocycles. The van der Waals surface area contributed by atoms with Crippen LogP contribution in [0.5, 0.6) is 5.75 Å². The monoisotopic (exact) mass is 380 g/mol. The van der Waals surface area contributed by atoms with Gasteiger partial charge in [-0.2, -0.15) is 0 Å². The van der Waals surface area contributed by atoms with Crippen LogP contribution in [0.4, 0.5) is 5.69 Å². The lowest BCUT2D eigenvalue weighted by atomic mass is 10.1. The van der Waals surface area contributed by atoms with Gasteiger partial charge in [0, 0.05) is 24.3 Å². The van der Waals surface area contributed by atoms with E-state index >= 15 is 0 Å². The van der Waals surface area contributed by atoms with Gasteiger partial charge in [-0.1, -0.05) is 42.5 Å². The van der Waals surface area contributed by atoms with Crippen molar-refractivity contribution in [3.63, 3.8) is 0 Å². The van der Waals surface area contributed by atoms with Gasteiger partial charge in [0.25, 0.3) is 10.0 Å². The SMILES string of the molecule is O=S(=O)(Nc1ccc2c(c1)CNCCO2)c1cccc(-c2ccccc2)c1. The van der Waals surface area contributed by atoms with Crippen molar-refractivity contribution < 1.29 is 13.2 Å². The lowest BCUT2D eigenvalue weighted by molar-refractivity contribution is 0.326. The van der Waals surface area contributed by atoms with Gasteiger partial charge in [0.2, 0.25) is 0 Å². The van der Waals surface area contributed by atoms with Gasteiger partial charge < -0.3 is 10.1 Å². The maximum Gasteiger partial charge on any atom is 0.261 e. The Morgan fingerprint density at radius 1 is 0.889 bits per heavy atom. The van der Waals surface area contributed by atoms with Crippen LogP contribution in [0.1, 0.15) is 5.56 Å². The van der Waals surface area contributed by atoms with Crippen LogP contribution >= 0.6 is 0 Å². The molecule has 4 rings (SSSR count). The van der Waals surface area contributed by atoms with Gasteiger partial charge in [0.15, 0.2) is 0 Å². The fraction of sp³-hybridized carbons (Fsp3) is 0.143. The number of nitrogens with one attached hydrogen (secondary N) is 2. The van der Waals surface area contributed by atoms with Gasteiger partial charge in [0.1, 0.15) is 12.4 Å². The highest BCUT2D eigenvalue weighted by Crippen LogP contribution is 2.27. The number of benzene rings is 3. The first-order valence-corrected chi connectivity index (χ1v) is 10.2. The zero-order valence-corrected chi connectivity index (χ0v) is 15.5. The molecule has 0 atom stereocenters. The van der Waals surface area contributed by atoms with E-state index in [1.807, 2.05) is 42.5 Å². The Morgan fingerprint density at radius 2 is 1.70 bits per heavy atom. The number of ether oxygens (including phenoxy) is 1. The number of sulfonamides is 1. The van der Waals surface area contributed by atoms with Crippen molar-refractivity contribution in [2.45, 2.75) is 11.4 Å². The molecule has 0 unspecified atom stereocenters. The predicted octanol–water partition coefficient (Wildman–Crippen LogP) is 3.64. The molecular weight excluding hydrogens is 360 g/mol. The normalized spacial score (nSPS) is 13.9. The van der Waals surface area contributed by atoms with E-state index in [9.17, 15) is 8.42 Å². The second-order valence-corrected chi connectivity index (χ2v) is 8.03. The van der Waals surface area contributed by atoms with Crippen LogP contribution in [-0.2, 0) is 16.6 Å². The molecule has 1 aliphatic rings. The minimum Gasteiger partial charge on any atom is -0.492 e. The van der Waals surface area contributed by atoms with Crippen molar-refractivity contribution >= 4 is 15.7 Å². The molecule has 27 heavy (non-hydrogen) atoms. The topological polar surface area (TPSA) is 67.4 Å². The minimum atomic E-state index is -3.69. The highest BCUT2D eigenvalue weighted by atomic mass is 32.2. The molecule has 0 spiro atoms. The first-order chi connectivity index (χ1) is 13.1. The zero-order valence-electron chi connectivity index (χ0n) is 14.7. The summed E-state index contributed by atoms with van der Waals surface area (Å²) in [6, 6.07) is 22.0. The average molecular weight is 380 g/mol. The first kappa shape index (κ1) is 17.6. The first-order valence-electron chi connectivity index (χ1n) is 8.77. The van der Waals surface area contributed by atoms with Gasteiger partial charge >= 0.3 is 0 Å². The second kappa shape index (κ2) is 7.42. The number of rotatable bonds is 4. The van der Waals surface area contributed by atoms with E-state index in [-0.39, 0.29) is 4.90 Å². The van der Waals surface area contributed by atoms with Gasteiger partial charge in [-0.25, -0.2) is 8.42 Å². The molecule has 6 heteroatoms. The molecule has 0 aliphatic carbocycles. The fourth-order valence-electron chi connectivity index (χ4n) is 3.07. The summed E-state index contributed by atoms with van der Waals surface area (Å²) < 4.78 is 34.0. The van der Waals surface area contributed by atoms with Gasteiger partial charge in [-0.3, -0.25) is 4.72 Å². The Kier molecular flexibility index (Phi) is 4.83. The lowest BCUT2D eigenvalue weighted by Crippen LogP contribution is -2.16. The average Bonchev–Trinajstić information content (AvgIpc) is 2.93. The van der Waals surface area contributed by atoms with Crippen LogP contribution in [0.2, 0.25) is 0 Å². The standard InChI is InChI=1S/C21H20N2O3S/c24-27(25,20-8-4-7-17(14-20)16-5-2-1-3-6-16)23-19-9-10-21-18(13-19)15-22-11-12-26-21/h1-10,13-14,22-23H,11-12,15H2.